The van der Waals surface area contributed by atoms with Crippen LogP contribution >= 0.6 is 0 Å². The second-order valence-electron chi connectivity index (χ2n) is 4.91. The molecule has 1 saturated heterocycles. The van der Waals surface area contributed by atoms with Crippen molar-refractivity contribution in [1.29, 1.82) is 0 Å². The number of nitrogens with zero attached hydrogens (tertiary/aromatic N) is 1. The smallest absolute Gasteiger partial charge is 0.306 e. The lowest BCUT2D eigenvalue weighted by Crippen LogP contribution is -2.51. The molecule has 1 aliphatic heterocycles. The van der Waals surface area contributed by atoms with E-state index < -0.39 is 5.97 Å². The molecule has 2 rings (SSSR count). The minimum atomic E-state index is -0.643. The molecule has 86 valence electrons. The van der Waals surface area contributed by atoms with Crippen LogP contribution in [-0.4, -0.2) is 48.3 Å². The summed E-state index contributed by atoms with van der Waals surface area (Å²) >= 11 is 0. The highest BCUT2D eigenvalue weighted by molar-refractivity contribution is 5.71. The second-order valence-corrected chi connectivity index (χ2v) is 4.91. The van der Waals surface area contributed by atoms with E-state index in [9.17, 15) is 4.79 Å². The van der Waals surface area contributed by atoms with E-state index in [-0.39, 0.29) is 5.92 Å². The number of likely N-dealkylation sites (N-methyl/N-ethyl adjacent to an activating group) is 1. The third-order valence-corrected chi connectivity index (χ3v) is 3.89. The average molecular weight is 213 g/mol. The number of aliphatic carboxylic acids is 1. The van der Waals surface area contributed by atoms with Crippen molar-refractivity contribution in [3.8, 4) is 0 Å². The molecule has 0 bridgehead atoms. The van der Waals surface area contributed by atoms with E-state index in [0.29, 0.717) is 18.0 Å². The molecule has 1 saturated carbocycles. The molecule has 0 radical (unpaired) electrons. The summed E-state index contributed by atoms with van der Waals surface area (Å²) < 4.78 is 5.43. The third kappa shape index (κ3) is 2.01. The van der Waals surface area contributed by atoms with E-state index in [1.807, 2.05) is 0 Å². The van der Waals surface area contributed by atoms with E-state index >= 15 is 0 Å². The van der Waals surface area contributed by atoms with Gasteiger partial charge in [0.15, 0.2) is 0 Å². The highest BCUT2D eigenvalue weighted by atomic mass is 16.5. The molecular formula is C11H19NO3. The van der Waals surface area contributed by atoms with Crippen molar-refractivity contribution < 1.29 is 14.6 Å². The zero-order valence-electron chi connectivity index (χ0n) is 9.35. The summed E-state index contributed by atoms with van der Waals surface area (Å²) in [6.45, 7) is 3.83. The first kappa shape index (κ1) is 10.9. The molecule has 1 aliphatic carbocycles. The van der Waals surface area contributed by atoms with Gasteiger partial charge in [-0.2, -0.15) is 0 Å². The lowest BCUT2D eigenvalue weighted by Gasteiger charge is -2.42. The standard InChI is InChI=1S/C11H19NO3/c1-7-5-15-6-10(7)12(2)9-3-8(4-9)11(13)14/h7-10H,3-6H2,1-2H3,(H,13,14). The molecule has 2 fully saturated rings. The van der Waals surface area contributed by atoms with Crippen LogP contribution in [0.1, 0.15) is 19.8 Å². The molecule has 0 aromatic carbocycles. The van der Waals surface area contributed by atoms with Gasteiger partial charge >= 0.3 is 5.97 Å². The van der Waals surface area contributed by atoms with Gasteiger partial charge in [-0.15, -0.1) is 0 Å². The quantitative estimate of drug-likeness (QED) is 0.754. The van der Waals surface area contributed by atoms with Gasteiger partial charge in [0.1, 0.15) is 0 Å². The SMILES string of the molecule is CC1COCC1N(C)C1CC(C(=O)O)C1. The maximum Gasteiger partial charge on any atom is 0.306 e. The Hall–Kier alpha value is -0.610. The highest BCUT2D eigenvalue weighted by Gasteiger charge is 2.40. The summed E-state index contributed by atoms with van der Waals surface area (Å²) in [5.41, 5.74) is 0. The second kappa shape index (κ2) is 4.10. The van der Waals surface area contributed by atoms with E-state index in [0.717, 1.165) is 26.1 Å². The molecule has 1 N–H and O–H groups in total. The molecule has 0 aromatic rings. The lowest BCUT2D eigenvalue weighted by molar-refractivity contribution is -0.147. The van der Waals surface area contributed by atoms with Crippen LogP contribution in [0.3, 0.4) is 0 Å². The zero-order chi connectivity index (χ0) is 11.0. The molecular weight excluding hydrogens is 194 g/mol. The summed E-state index contributed by atoms with van der Waals surface area (Å²) in [6.07, 6.45) is 1.60. The molecule has 2 atom stereocenters. The van der Waals surface area contributed by atoms with Crippen LogP contribution in [0.15, 0.2) is 0 Å². The Morgan fingerprint density at radius 2 is 2.07 bits per heavy atom. The fourth-order valence-corrected chi connectivity index (χ4v) is 2.56. The molecule has 4 heteroatoms. The first-order valence-electron chi connectivity index (χ1n) is 5.62. The van der Waals surface area contributed by atoms with E-state index in [1.54, 1.807) is 0 Å². The van der Waals surface area contributed by atoms with Crippen molar-refractivity contribution >= 4 is 5.97 Å². The highest BCUT2D eigenvalue weighted by Crippen LogP contribution is 2.34. The molecule has 15 heavy (non-hydrogen) atoms. The predicted molar refractivity (Wildman–Crippen MR) is 55.7 cm³/mol. The van der Waals surface area contributed by atoms with Gasteiger partial charge < -0.3 is 9.84 Å². The molecule has 2 unspecified atom stereocenters. The Morgan fingerprint density at radius 1 is 1.40 bits per heavy atom. The van der Waals surface area contributed by atoms with Crippen molar-refractivity contribution in [2.24, 2.45) is 11.8 Å². The van der Waals surface area contributed by atoms with Gasteiger partial charge in [-0.05, 0) is 25.8 Å². The number of ether oxygens (including phenoxy) is 1. The number of rotatable bonds is 3. The minimum absolute atomic E-state index is 0.116. The summed E-state index contributed by atoms with van der Waals surface area (Å²) in [5.74, 6) is -0.190. The first-order valence-corrected chi connectivity index (χ1v) is 5.62. The van der Waals surface area contributed by atoms with Gasteiger partial charge in [0.25, 0.3) is 0 Å². The number of carbonyl (C=O) groups is 1. The summed E-state index contributed by atoms with van der Waals surface area (Å²) in [4.78, 5) is 13.0. The molecule has 0 spiro atoms. The normalized spacial score (nSPS) is 40.5. The van der Waals surface area contributed by atoms with Gasteiger partial charge in [-0.3, -0.25) is 9.69 Å². The lowest BCUT2D eigenvalue weighted by atomic mass is 9.78. The van der Waals surface area contributed by atoms with Crippen LogP contribution in [0.4, 0.5) is 0 Å². The summed E-state index contributed by atoms with van der Waals surface area (Å²) in [6, 6.07) is 0.921. The Bertz CT molecular complexity index is 250. The fraction of sp³-hybridized carbons (Fsp3) is 0.909. The Labute approximate surface area is 90.2 Å². The molecule has 0 amide bonds. The van der Waals surface area contributed by atoms with Crippen LogP contribution in [0, 0.1) is 11.8 Å². The number of carboxylic acid groups (broad SMARTS) is 1. The Kier molecular flexibility index (Phi) is 2.98. The molecule has 0 aromatic heterocycles. The van der Waals surface area contributed by atoms with E-state index in [2.05, 4.69) is 18.9 Å². The largest absolute Gasteiger partial charge is 0.481 e. The van der Waals surface area contributed by atoms with Crippen LogP contribution < -0.4 is 0 Å². The fourth-order valence-electron chi connectivity index (χ4n) is 2.56. The van der Waals surface area contributed by atoms with Crippen molar-refractivity contribution in [3.05, 3.63) is 0 Å². The van der Waals surface area contributed by atoms with Crippen LogP contribution in [0.25, 0.3) is 0 Å². The van der Waals surface area contributed by atoms with Gasteiger partial charge in [0, 0.05) is 12.1 Å². The number of hydrogen-bond donors (Lipinski definition) is 1. The topological polar surface area (TPSA) is 49.8 Å². The van der Waals surface area contributed by atoms with E-state index in [1.165, 1.54) is 0 Å². The first-order chi connectivity index (χ1) is 7.09. The van der Waals surface area contributed by atoms with Crippen molar-refractivity contribution in [2.75, 3.05) is 20.3 Å². The maximum absolute atomic E-state index is 10.7. The molecule has 1 heterocycles. The van der Waals surface area contributed by atoms with Crippen LogP contribution in [0.5, 0.6) is 0 Å². The van der Waals surface area contributed by atoms with Crippen molar-refractivity contribution in [2.45, 2.75) is 31.8 Å². The maximum atomic E-state index is 10.7. The Morgan fingerprint density at radius 3 is 2.53 bits per heavy atom. The molecule has 4 nitrogen and oxygen atoms in total. The monoisotopic (exact) mass is 213 g/mol. The van der Waals surface area contributed by atoms with Gasteiger partial charge in [-0.1, -0.05) is 6.92 Å². The number of hydrogen-bond acceptors (Lipinski definition) is 3. The zero-order valence-corrected chi connectivity index (χ0v) is 9.35. The van der Waals surface area contributed by atoms with Gasteiger partial charge in [-0.25, -0.2) is 0 Å². The predicted octanol–water partition coefficient (Wildman–Crippen LogP) is 0.816. The minimum Gasteiger partial charge on any atom is -0.481 e. The van der Waals surface area contributed by atoms with Gasteiger partial charge in [0.05, 0.1) is 19.1 Å². The summed E-state index contributed by atoms with van der Waals surface area (Å²) in [7, 11) is 2.10. The van der Waals surface area contributed by atoms with Crippen LogP contribution in [0.2, 0.25) is 0 Å². The number of carboxylic acids is 1. The third-order valence-electron chi connectivity index (χ3n) is 3.89. The van der Waals surface area contributed by atoms with Gasteiger partial charge in [0.2, 0.25) is 0 Å². The average Bonchev–Trinajstić information content (AvgIpc) is 2.47. The molecule has 2 aliphatic rings. The van der Waals surface area contributed by atoms with Crippen molar-refractivity contribution in [1.82, 2.24) is 4.90 Å². The van der Waals surface area contributed by atoms with E-state index in [4.69, 9.17) is 9.84 Å². The Balaban J connectivity index is 1.83. The van der Waals surface area contributed by atoms with Crippen molar-refractivity contribution in [3.63, 3.8) is 0 Å². The summed E-state index contributed by atoms with van der Waals surface area (Å²) in [5, 5.41) is 8.81. The van der Waals surface area contributed by atoms with Crippen LogP contribution in [-0.2, 0) is 9.53 Å².